The highest BCUT2D eigenvalue weighted by Gasteiger charge is 2.18. The molecule has 2 atom stereocenters. The van der Waals surface area contributed by atoms with E-state index in [1.165, 1.54) is 424 Å². The first-order chi connectivity index (χ1) is 45.5. The third-order valence-electron chi connectivity index (χ3n) is 20.2. The third-order valence-corrected chi connectivity index (χ3v) is 20.2. The molecule has 0 radical (unpaired) electrons. The summed E-state index contributed by atoms with van der Waals surface area (Å²) >= 11 is 0. The second kappa shape index (κ2) is 81.8. The molecule has 6 nitrogen and oxygen atoms in total. The fourth-order valence-corrected chi connectivity index (χ4v) is 13.8. The predicted molar refractivity (Wildman–Crippen MR) is 407 cm³/mol. The number of hydrogen-bond acceptors (Lipinski definition) is 5. The van der Waals surface area contributed by atoms with Crippen LogP contribution in [0.1, 0.15) is 489 Å². The molecule has 1 amide bonds. The number of unbranched alkanes of at least 4 members (excludes halogenated alkanes) is 68. The van der Waals surface area contributed by atoms with Crippen LogP contribution in [0, 0.1) is 0 Å². The molecule has 0 rings (SSSR count). The van der Waals surface area contributed by atoms with Gasteiger partial charge >= 0.3 is 5.97 Å². The highest BCUT2D eigenvalue weighted by molar-refractivity contribution is 5.76. The molecule has 0 aromatic rings. The van der Waals surface area contributed by atoms with Gasteiger partial charge in [0.05, 0.1) is 25.4 Å². The monoisotopic (exact) mass is 1290 g/mol. The van der Waals surface area contributed by atoms with Gasteiger partial charge in [-0.3, -0.25) is 9.59 Å². The highest BCUT2D eigenvalue weighted by Crippen LogP contribution is 2.21. The molecule has 0 aliphatic rings. The number of esters is 1. The zero-order valence-electron chi connectivity index (χ0n) is 62.8. The summed E-state index contributed by atoms with van der Waals surface area (Å²) in [4.78, 5) is 24.6. The van der Waals surface area contributed by atoms with Gasteiger partial charge in [0.25, 0.3) is 0 Å². The van der Waals surface area contributed by atoms with E-state index in [0.717, 1.165) is 38.5 Å². The predicted octanol–water partition coefficient (Wildman–Crippen LogP) is 28.4. The molecule has 6 heteroatoms. The standard InChI is InChI=1S/C86H167NO5/c1-3-5-7-9-11-13-15-17-18-19-20-21-22-40-43-46-49-52-55-58-62-66-70-74-78-84(89)83(82-88)87-85(90)79-75-71-67-63-59-56-53-50-47-44-41-38-36-34-32-30-28-26-24-23-25-27-29-31-33-35-37-39-42-45-48-51-54-57-61-65-69-73-77-81-92-86(91)80-76-72-68-64-60-16-14-12-10-8-6-4-2/h23-24,74,78,83-84,88-89H,3-22,25-73,75-77,79-82H2,1-2H3,(H,87,90)/b24-23-,78-74+. The molecule has 0 aliphatic carbocycles. The lowest BCUT2D eigenvalue weighted by Gasteiger charge is -2.20. The first-order valence-electron chi connectivity index (χ1n) is 42.6. The average molecular weight is 1300 g/mol. The summed E-state index contributed by atoms with van der Waals surface area (Å²) < 4.78 is 5.49. The Labute approximate surface area is 577 Å². The van der Waals surface area contributed by atoms with Crippen LogP contribution in [0.3, 0.4) is 0 Å². The first kappa shape index (κ1) is 90.3. The lowest BCUT2D eigenvalue weighted by molar-refractivity contribution is -0.143. The fraction of sp³-hybridized carbons (Fsp3) is 0.930. The lowest BCUT2D eigenvalue weighted by atomic mass is 10.0. The molecule has 0 aromatic heterocycles. The van der Waals surface area contributed by atoms with Crippen LogP contribution in [0.25, 0.3) is 0 Å². The summed E-state index contributed by atoms with van der Waals surface area (Å²) in [5.74, 6) is -0.0339. The van der Waals surface area contributed by atoms with Crippen molar-refractivity contribution in [2.45, 2.75) is 501 Å². The van der Waals surface area contributed by atoms with E-state index in [0.29, 0.717) is 19.4 Å². The Morgan fingerprint density at radius 3 is 0.772 bits per heavy atom. The minimum Gasteiger partial charge on any atom is -0.466 e. The number of nitrogens with one attached hydrogen (secondary N) is 1. The molecule has 546 valence electrons. The maximum Gasteiger partial charge on any atom is 0.305 e. The van der Waals surface area contributed by atoms with Gasteiger partial charge in [0.2, 0.25) is 5.91 Å². The molecule has 0 saturated heterocycles. The Morgan fingerprint density at radius 2 is 0.511 bits per heavy atom. The van der Waals surface area contributed by atoms with Crippen molar-refractivity contribution in [1.29, 1.82) is 0 Å². The smallest absolute Gasteiger partial charge is 0.305 e. The van der Waals surface area contributed by atoms with E-state index >= 15 is 0 Å². The van der Waals surface area contributed by atoms with Crippen molar-refractivity contribution in [3.05, 3.63) is 24.3 Å². The van der Waals surface area contributed by atoms with Crippen molar-refractivity contribution >= 4 is 11.9 Å². The highest BCUT2D eigenvalue weighted by atomic mass is 16.5. The Balaban J connectivity index is 3.35. The summed E-state index contributed by atoms with van der Waals surface area (Å²) in [6.07, 6.45) is 106. The van der Waals surface area contributed by atoms with Gasteiger partial charge < -0.3 is 20.3 Å². The van der Waals surface area contributed by atoms with Crippen LogP contribution in [-0.4, -0.2) is 47.4 Å². The molecule has 0 spiro atoms. The van der Waals surface area contributed by atoms with Gasteiger partial charge in [0, 0.05) is 12.8 Å². The van der Waals surface area contributed by atoms with E-state index in [1.54, 1.807) is 6.08 Å². The molecule has 0 aromatic carbocycles. The molecular formula is C86H167NO5. The minimum atomic E-state index is -0.843. The van der Waals surface area contributed by atoms with E-state index < -0.39 is 12.1 Å². The van der Waals surface area contributed by atoms with Crippen molar-refractivity contribution in [3.63, 3.8) is 0 Å². The van der Waals surface area contributed by atoms with Crippen LogP contribution in [0.15, 0.2) is 24.3 Å². The number of hydrogen-bond donors (Lipinski definition) is 3. The number of carbonyl (C=O) groups is 2. The van der Waals surface area contributed by atoms with E-state index in [-0.39, 0.29) is 18.5 Å². The molecular weight excluding hydrogens is 1130 g/mol. The maximum absolute atomic E-state index is 12.6. The number of aliphatic hydroxyl groups excluding tert-OH is 2. The van der Waals surface area contributed by atoms with Gasteiger partial charge in [-0.05, 0) is 57.8 Å². The normalized spacial score (nSPS) is 12.5. The summed E-state index contributed by atoms with van der Waals surface area (Å²) in [6, 6.07) is -0.626. The Kier molecular flexibility index (Phi) is 80.3. The van der Waals surface area contributed by atoms with Crippen molar-refractivity contribution in [2.24, 2.45) is 0 Å². The van der Waals surface area contributed by atoms with Gasteiger partial charge in [0.1, 0.15) is 0 Å². The Hall–Kier alpha value is -1.66. The zero-order chi connectivity index (χ0) is 66.3. The van der Waals surface area contributed by atoms with E-state index in [9.17, 15) is 19.8 Å². The molecule has 0 fully saturated rings. The van der Waals surface area contributed by atoms with E-state index in [2.05, 4.69) is 31.3 Å². The van der Waals surface area contributed by atoms with Gasteiger partial charge in [0.15, 0.2) is 0 Å². The van der Waals surface area contributed by atoms with Gasteiger partial charge in [-0.1, -0.05) is 443 Å². The quantitative estimate of drug-likeness (QED) is 0.0320. The molecule has 3 N–H and O–H groups in total. The van der Waals surface area contributed by atoms with Crippen LogP contribution in [-0.2, 0) is 14.3 Å². The lowest BCUT2D eigenvalue weighted by Crippen LogP contribution is -2.45. The average Bonchev–Trinajstić information content (AvgIpc) is 3.77. The largest absolute Gasteiger partial charge is 0.466 e. The van der Waals surface area contributed by atoms with E-state index in [1.807, 2.05) is 6.08 Å². The van der Waals surface area contributed by atoms with Crippen molar-refractivity contribution in [1.82, 2.24) is 5.32 Å². The van der Waals surface area contributed by atoms with Crippen molar-refractivity contribution in [2.75, 3.05) is 13.2 Å². The van der Waals surface area contributed by atoms with Gasteiger partial charge in [-0.2, -0.15) is 0 Å². The summed E-state index contributed by atoms with van der Waals surface area (Å²) in [6.45, 7) is 4.96. The van der Waals surface area contributed by atoms with Crippen molar-refractivity contribution in [3.8, 4) is 0 Å². The Bertz CT molecular complexity index is 1450. The minimum absolute atomic E-state index is 0.0240. The number of carbonyl (C=O) groups excluding carboxylic acids is 2. The van der Waals surface area contributed by atoms with Gasteiger partial charge in [-0.15, -0.1) is 0 Å². The SMILES string of the molecule is CCCCCCCCCCCCCCCCCCCCCCCC/C=C/C(O)C(CO)NC(=O)CCCCCCCCCCCCCCCCCCC/C=C\CCCCCCCCCCCCCCCCCCCCOC(=O)CCCCCCCCCCCCCC. The van der Waals surface area contributed by atoms with Crippen LogP contribution >= 0.6 is 0 Å². The van der Waals surface area contributed by atoms with Crippen molar-refractivity contribution < 1.29 is 24.5 Å². The topological polar surface area (TPSA) is 95.9 Å². The molecule has 2 unspecified atom stereocenters. The summed E-state index contributed by atoms with van der Waals surface area (Å²) in [5.41, 5.74) is 0. The number of ether oxygens (including phenoxy) is 1. The first-order valence-corrected chi connectivity index (χ1v) is 42.6. The third kappa shape index (κ3) is 77.3. The second-order valence-corrected chi connectivity index (χ2v) is 29.5. The van der Waals surface area contributed by atoms with Crippen LogP contribution in [0.5, 0.6) is 0 Å². The fourth-order valence-electron chi connectivity index (χ4n) is 13.8. The number of amides is 1. The molecule has 0 aliphatic heterocycles. The van der Waals surface area contributed by atoms with Crippen LogP contribution in [0.4, 0.5) is 0 Å². The van der Waals surface area contributed by atoms with Crippen LogP contribution in [0.2, 0.25) is 0 Å². The maximum atomic E-state index is 12.6. The number of rotatable bonds is 81. The molecule has 0 saturated carbocycles. The van der Waals surface area contributed by atoms with Crippen LogP contribution < -0.4 is 5.32 Å². The number of aliphatic hydroxyl groups is 2. The van der Waals surface area contributed by atoms with Gasteiger partial charge in [-0.25, -0.2) is 0 Å². The summed E-state index contributed by atoms with van der Waals surface area (Å²) in [5, 5.41) is 23.3. The molecule has 92 heavy (non-hydrogen) atoms. The molecule has 0 heterocycles. The Morgan fingerprint density at radius 1 is 0.293 bits per heavy atom. The number of allylic oxidation sites excluding steroid dienone is 3. The second-order valence-electron chi connectivity index (χ2n) is 29.5. The summed E-state index contributed by atoms with van der Waals surface area (Å²) in [7, 11) is 0. The molecule has 0 bridgehead atoms. The van der Waals surface area contributed by atoms with E-state index in [4.69, 9.17) is 4.74 Å². The zero-order valence-corrected chi connectivity index (χ0v) is 62.8.